The van der Waals surface area contributed by atoms with Crippen LogP contribution in [0.1, 0.15) is 73.1 Å². The van der Waals surface area contributed by atoms with Gasteiger partial charge in [-0.2, -0.15) is 0 Å². The van der Waals surface area contributed by atoms with Crippen LogP contribution in [0.2, 0.25) is 0 Å². The topological polar surface area (TPSA) is 47.4 Å². The molecule has 0 saturated carbocycles. The van der Waals surface area contributed by atoms with Crippen molar-refractivity contribution in [2.45, 2.75) is 91.3 Å². The lowest BCUT2D eigenvalue weighted by Gasteiger charge is -2.28. The van der Waals surface area contributed by atoms with Gasteiger partial charge in [0, 0.05) is 24.8 Å². The number of aromatic nitrogens is 2. The molecule has 1 amide bonds. The van der Waals surface area contributed by atoms with Crippen molar-refractivity contribution < 1.29 is 9.53 Å². The summed E-state index contributed by atoms with van der Waals surface area (Å²) in [6, 6.07) is 10.3. The van der Waals surface area contributed by atoms with Crippen molar-refractivity contribution in [3.63, 3.8) is 0 Å². The number of carbonyl (C=O) groups is 1. The molecule has 0 unspecified atom stereocenters. The van der Waals surface area contributed by atoms with Crippen molar-refractivity contribution in [2.24, 2.45) is 0 Å². The van der Waals surface area contributed by atoms with Crippen LogP contribution in [0.4, 0.5) is 4.79 Å². The molecule has 0 radical (unpaired) electrons. The molecule has 3 rings (SSSR count). The van der Waals surface area contributed by atoms with Gasteiger partial charge in [-0.15, -0.1) is 0 Å². The quantitative estimate of drug-likeness (QED) is 0.505. The zero-order chi connectivity index (χ0) is 22.0. The number of nitrogens with zero attached hydrogens (tertiary/aromatic N) is 3. The molecule has 1 saturated heterocycles. The third kappa shape index (κ3) is 7.85. The smallest absolute Gasteiger partial charge is 0.410 e. The van der Waals surface area contributed by atoms with Crippen LogP contribution in [0.15, 0.2) is 42.9 Å². The normalized spacial score (nSPS) is 16.2. The number of ether oxygens (including phenoxy) is 1. The molecule has 0 spiro atoms. The molecule has 0 aliphatic carbocycles. The predicted molar refractivity (Wildman–Crippen MR) is 123 cm³/mol. The van der Waals surface area contributed by atoms with Gasteiger partial charge in [0.2, 0.25) is 0 Å². The minimum atomic E-state index is -0.459. The molecule has 5 heteroatoms. The second kappa shape index (κ2) is 11.8. The predicted octanol–water partition coefficient (Wildman–Crippen LogP) is 6.54. The third-order valence-electron chi connectivity index (χ3n) is 5.09. The summed E-state index contributed by atoms with van der Waals surface area (Å²) in [5.74, 6) is 0. The first-order chi connectivity index (χ1) is 14.3. The van der Waals surface area contributed by atoms with E-state index in [4.69, 9.17) is 4.74 Å². The minimum Gasteiger partial charge on any atom is -0.444 e. The third-order valence-corrected chi connectivity index (χ3v) is 5.09. The lowest BCUT2D eigenvalue weighted by atomic mass is 10.2. The van der Waals surface area contributed by atoms with Gasteiger partial charge in [0.05, 0.1) is 18.1 Å². The summed E-state index contributed by atoms with van der Waals surface area (Å²) in [7, 11) is 0. The lowest BCUT2D eigenvalue weighted by Crippen LogP contribution is -2.41. The number of hydrogen-bond acceptors (Lipinski definition) is 3. The summed E-state index contributed by atoms with van der Waals surface area (Å²) < 4.78 is 7.59. The van der Waals surface area contributed by atoms with Gasteiger partial charge in [-0.1, -0.05) is 69.9 Å². The van der Waals surface area contributed by atoms with E-state index in [-0.39, 0.29) is 12.1 Å². The molecule has 0 N–H and O–H groups in total. The van der Waals surface area contributed by atoms with Gasteiger partial charge >= 0.3 is 6.09 Å². The molecule has 0 bridgehead atoms. The largest absolute Gasteiger partial charge is 0.444 e. The Kier molecular flexibility index (Phi) is 9.41. The van der Waals surface area contributed by atoms with E-state index >= 15 is 0 Å². The SMILES string of the molecule is CC(C)(C)OC(=O)N1CCC[C@H]1Cn1cnc(-c2ccccc2)c1.CCCCCC. The molecule has 2 aromatic rings. The van der Waals surface area contributed by atoms with Gasteiger partial charge in [-0.25, -0.2) is 9.78 Å². The van der Waals surface area contributed by atoms with Gasteiger partial charge in [0.1, 0.15) is 5.60 Å². The average molecular weight is 414 g/mol. The summed E-state index contributed by atoms with van der Waals surface area (Å²) >= 11 is 0. The lowest BCUT2D eigenvalue weighted by molar-refractivity contribution is 0.0214. The maximum Gasteiger partial charge on any atom is 0.410 e. The molecule has 2 heterocycles. The molecule has 30 heavy (non-hydrogen) atoms. The van der Waals surface area contributed by atoms with Gasteiger partial charge in [-0.05, 0) is 33.6 Å². The van der Waals surface area contributed by atoms with E-state index in [0.717, 1.165) is 37.2 Å². The summed E-state index contributed by atoms with van der Waals surface area (Å²) in [5.41, 5.74) is 1.60. The molecular formula is C25H39N3O2. The highest BCUT2D eigenvalue weighted by Crippen LogP contribution is 2.23. The number of carbonyl (C=O) groups excluding carboxylic acids is 1. The van der Waals surface area contributed by atoms with Crippen molar-refractivity contribution >= 4 is 6.09 Å². The number of amides is 1. The Morgan fingerprint density at radius 1 is 1.13 bits per heavy atom. The highest BCUT2D eigenvalue weighted by molar-refractivity contribution is 5.69. The standard InChI is InChI=1S/C19H25N3O2.C6H14/c1-19(2,3)24-18(23)22-11-7-10-16(22)12-21-13-17(20-14-21)15-8-5-4-6-9-15;1-3-5-6-4-2/h4-6,8-9,13-14,16H,7,10-12H2,1-3H3;3-6H2,1-2H3/t16-;/m0./s1. The van der Waals surface area contributed by atoms with Crippen molar-refractivity contribution in [3.05, 3.63) is 42.9 Å². The van der Waals surface area contributed by atoms with Crippen molar-refractivity contribution in [3.8, 4) is 11.3 Å². The van der Waals surface area contributed by atoms with E-state index in [1.807, 2.05) is 56.4 Å². The van der Waals surface area contributed by atoms with Gasteiger partial charge < -0.3 is 14.2 Å². The van der Waals surface area contributed by atoms with Gasteiger partial charge in [0.15, 0.2) is 0 Å². The molecule has 166 valence electrons. The fourth-order valence-corrected chi connectivity index (χ4v) is 3.55. The number of likely N-dealkylation sites (tertiary alicyclic amines) is 1. The Bertz CT molecular complexity index is 745. The molecule has 1 aliphatic rings. The first kappa shape index (κ1) is 24.0. The molecular weight excluding hydrogens is 374 g/mol. The molecule has 1 aromatic carbocycles. The molecule has 1 aromatic heterocycles. The summed E-state index contributed by atoms with van der Waals surface area (Å²) in [5, 5.41) is 0. The Balaban J connectivity index is 0.000000469. The van der Waals surface area contributed by atoms with E-state index in [0.29, 0.717) is 0 Å². The van der Waals surface area contributed by atoms with Crippen LogP contribution >= 0.6 is 0 Å². The zero-order valence-electron chi connectivity index (χ0n) is 19.4. The first-order valence-electron chi connectivity index (χ1n) is 11.4. The van der Waals surface area contributed by atoms with Crippen molar-refractivity contribution in [1.82, 2.24) is 14.5 Å². The maximum atomic E-state index is 12.4. The van der Waals surface area contributed by atoms with Crippen LogP contribution in [0.5, 0.6) is 0 Å². The van der Waals surface area contributed by atoms with Gasteiger partial charge in [-0.3, -0.25) is 0 Å². The monoisotopic (exact) mass is 413 g/mol. The highest BCUT2D eigenvalue weighted by Gasteiger charge is 2.32. The second-order valence-electron chi connectivity index (χ2n) is 9.00. The fourth-order valence-electron chi connectivity index (χ4n) is 3.55. The van der Waals surface area contributed by atoms with E-state index in [1.54, 1.807) is 0 Å². The molecule has 1 fully saturated rings. The van der Waals surface area contributed by atoms with Crippen LogP contribution in [0.25, 0.3) is 11.3 Å². The Hall–Kier alpha value is -2.30. The average Bonchev–Trinajstić information content (AvgIpc) is 3.36. The molecule has 1 aliphatic heterocycles. The van der Waals surface area contributed by atoms with Crippen molar-refractivity contribution in [1.29, 1.82) is 0 Å². The maximum absolute atomic E-state index is 12.4. The van der Waals surface area contributed by atoms with Gasteiger partial charge in [0.25, 0.3) is 0 Å². The highest BCUT2D eigenvalue weighted by atomic mass is 16.6. The first-order valence-corrected chi connectivity index (χ1v) is 11.4. The number of imidazole rings is 1. The zero-order valence-corrected chi connectivity index (χ0v) is 19.4. The minimum absolute atomic E-state index is 0.165. The van der Waals surface area contributed by atoms with Crippen LogP contribution in [0, 0.1) is 0 Å². The summed E-state index contributed by atoms with van der Waals surface area (Å²) in [6.45, 7) is 11.7. The molecule has 1 atom stereocenters. The summed E-state index contributed by atoms with van der Waals surface area (Å²) in [6.07, 6.45) is 11.2. The van der Waals surface area contributed by atoms with E-state index in [9.17, 15) is 4.79 Å². The number of unbranched alkanes of at least 4 members (excludes halogenated alkanes) is 3. The number of benzene rings is 1. The molecule has 5 nitrogen and oxygen atoms in total. The van der Waals surface area contributed by atoms with Crippen LogP contribution in [-0.2, 0) is 11.3 Å². The summed E-state index contributed by atoms with van der Waals surface area (Å²) in [4.78, 5) is 18.7. The van der Waals surface area contributed by atoms with Crippen LogP contribution in [-0.4, -0.2) is 38.7 Å². The Labute approximate surface area is 182 Å². The van der Waals surface area contributed by atoms with E-state index < -0.39 is 5.60 Å². The number of hydrogen-bond donors (Lipinski definition) is 0. The fraction of sp³-hybridized carbons (Fsp3) is 0.600. The van der Waals surface area contributed by atoms with Crippen LogP contribution < -0.4 is 0 Å². The number of rotatable bonds is 6. The Morgan fingerprint density at radius 3 is 2.40 bits per heavy atom. The second-order valence-corrected chi connectivity index (χ2v) is 9.00. The van der Waals surface area contributed by atoms with Crippen molar-refractivity contribution in [2.75, 3.05) is 6.54 Å². The van der Waals surface area contributed by atoms with E-state index in [1.165, 1.54) is 25.7 Å². The Morgan fingerprint density at radius 2 is 1.80 bits per heavy atom. The van der Waals surface area contributed by atoms with Crippen LogP contribution in [0.3, 0.4) is 0 Å². The van der Waals surface area contributed by atoms with E-state index in [2.05, 4.69) is 35.5 Å².